The topological polar surface area (TPSA) is 69.5 Å². The van der Waals surface area contributed by atoms with E-state index >= 15 is 0 Å². The van der Waals surface area contributed by atoms with Gasteiger partial charge in [0.2, 0.25) is 11.8 Å². The maximum atomic E-state index is 13.5. The normalized spacial score (nSPS) is 22.3. The van der Waals surface area contributed by atoms with E-state index in [1.165, 1.54) is 12.3 Å². The van der Waals surface area contributed by atoms with Crippen molar-refractivity contribution in [1.82, 2.24) is 14.5 Å². The van der Waals surface area contributed by atoms with Crippen LogP contribution in [0.2, 0.25) is 0 Å². The first-order valence-electron chi connectivity index (χ1n) is 11.3. The van der Waals surface area contributed by atoms with Crippen molar-refractivity contribution in [2.24, 2.45) is 0 Å². The van der Waals surface area contributed by atoms with E-state index in [0.29, 0.717) is 30.3 Å². The second-order valence-corrected chi connectivity index (χ2v) is 9.18. The lowest BCUT2D eigenvalue weighted by Crippen LogP contribution is -2.38. The molecular weight excluding hydrogens is 468 g/mol. The van der Waals surface area contributed by atoms with Crippen molar-refractivity contribution in [2.75, 3.05) is 4.90 Å². The van der Waals surface area contributed by atoms with Crippen LogP contribution in [0, 0.1) is 5.82 Å². The van der Waals surface area contributed by atoms with E-state index in [0.717, 1.165) is 37.6 Å². The zero-order chi connectivity index (χ0) is 24.4. The van der Waals surface area contributed by atoms with Gasteiger partial charge >= 0.3 is 11.9 Å². The van der Waals surface area contributed by atoms with Crippen molar-refractivity contribution in [2.45, 2.75) is 56.6 Å². The number of aromatic nitrogens is 3. The highest BCUT2D eigenvalue weighted by molar-refractivity contribution is 5.54. The molecule has 2 saturated heterocycles. The van der Waals surface area contributed by atoms with E-state index in [-0.39, 0.29) is 35.3 Å². The Morgan fingerprint density at radius 3 is 2.60 bits per heavy atom. The van der Waals surface area contributed by atoms with Gasteiger partial charge in [-0.1, -0.05) is 0 Å². The number of hydrogen-bond acceptors (Lipinski definition) is 6. The van der Waals surface area contributed by atoms with Gasteiger partial charge in [-0.3, -0.25) is 4.57 Å². The van der Waals surface area contributed by atoms with Crippen LogP contribution in [0.1, 0.15) is 36.8 Å². The number of fused-ring (bicyclic) bond motifs is 1. The molecule has 35 heavy (non-hydrogen) atoms. The predicted molar refractivity (Wildman–Crippen MR) is 116 cm³/mol. The maximum Gasteiger partial charge on any atom is 0.419 e. The van der Waals surface area contributed by atoms with Crippen LogP contribution in [-0.2, 0) is 19.3 Å². The summed E-state index contributed by atoms with van der Waals surface area (Å²) in [5.74, 6) is -0.433. The standard InChI is InChI=1S/C24H20F4N4O3/c25-18-3-2-16(9-17(18)24(26,27)28)35-19-4-1-14(11-29-19)12-34-20-10-21-31(22(33)30-20)13-23-7-5-15(6-8-23)32(21)23/h1-4,9-11,15H,5-8,12-13H2. The van der Waals surface area contributed by atoms with Gasteiger partial charge in [-0.05, 0) is 49.9 Å². The summed E-state index contributed by atoms with van der Waals surface area (Å²) in [7, 11) is 0. The van der Waals surface area contributed by atoms with Crippen LogP contribution in [0.15, 0.2) is 47.4 Å². The van der Waals surface area contributed by atoms with Gasteiger partial charge in [0.1, 0.15) is 24.0 Å². The van der Waals surface area contributed by atoms with Crippen LogP contribution in [0.3, 0.4) is 0 Å². The first-order valence-corrected chi connectivity index (χ1v) is 11.3. The van der Waals surface area contributed by atoms with Crippen molar-refractivity contribution < 1.29 is 27.0 Å². The summed E-state index contributed by atoms with van der Waals surface area (Å²) in [6.45, 7) is 0.765. The molecule has 0 amide bonds. The SMILES string of the molecule is O=c1nc(OCc2ccc(Oc3ccc(F)c(C(F)(F)F)c3)nc2)cc2n1CC13CCC(CC1)N23. The Balaban J connectivity index is 1.14. The third-order valence-electron chi connectivity index (χ3n) is 7.08. The minimum atomic E-state index is -4.83. The molecule has 3 aliphatic rings. The summed E-state index contributed by atoms with van der Waals surface area (Å²) in [6, 6.07) is 7.74. The molecule has 11 heteroatoms. The first kappa shape index (κ1) is 21.9. The van der Waals surface area contributed by atoms with Crippen molar-refractivity contribution in [3.63, 3.8) is 0 Å². The van der Waals surface area contributed by atoms with Crippen molar-refractivity contribution in [3.8, 4) is 17.5 Å². The summed E-state index contributed by atoms with van der Waals surface area (Å²) in [5.41, 5.74) is -1.05. The molecule has 6 rings (SSSR count). The lowest BCUT2D eigenvalue weighted by atomic mass is 9.88. The Hall–Kier alpha value is -3.63. The molecule has 0 N–H and O–H groups in total. The molecule has 7 nitrogen and oxygen atoms in total. The number of halogens is 4. The van der Waals surface area contributed by atoms with Crippen LogP contribution in [0.4, 0.5) is 23.4 Å². The Morgan fingerprint density at radius 1 is 1.09 bits per heavy atom. The minimum Gasteiger partial charge on any atom is -0.473 e. The highest BCUT2D eigenvalue weighted by Crippen LogP contribution is 2.53. The Kier molecular flexibility index (Phi) is 4.81. The third kappa shape index (κ3) is 3.69. The molecule has 2 fully saturated rings. The molecule has 3 aromatic rings. The fourth-order valence-electron chi connectivity index (χ4n) is 5.50. The summed E-state index contributed by atoms with van der Waals surface area (Å²) in [4.78, 5) is 23.1. The molecule has 0 atom stereocenters. The van der Waals surface area contributed by atoms with E-state index in [1.807, 2.05) is 6.07 Å². The van der Waals surface area contributed by atoms with Gasteiger partial charge in [0.15, 0.2) is 0 Å². The number of ether oxygens (including phenoxy) is 2. The minimum absolute atomic E-state index is 0.0391. The summed E-state index contributed by atoms with van der Waals surface area (Å²) in [5, 5.41) is 0. The van der Waals surface area contributed by atoms with Crippen molar-refractivity contribution >= 4 is 5.82 Å². The molecular formula is C24H20F4N4O3. The van der Waals surface area contributed by atoms with Gasteiger partial charge < -0.3 is 14.4 Å². The predicted octanol–water partition coefficient (Wildman–Crippen LogP) is 4.68. The smallest absolute Gasteiger partial charge is 0.419 e. The zero-order valence-electron chi connectivity index (χ0n) is 18.4. The molecule has 3 aliphatic heterocycles. The van der Waals surface area contributed by atoms with Crippen LogP contribution < -0.4 is 20.1 Å². The second kappa shape index (κ2) is 7.69. The fraction of sp³-hybridized carbons (Fsp3) is 0.375. The molecule has 0 aliphatic carbocycles. The van der Waals surface area contributed by atoms with Gasteiger partial charge in [0.05, 0.1) is 17.6 Å². The van der Waals surface area contributed by atoms with E-state index in [2.05, 4.69) is 14.9 Å². The van der Waals surface area contributed by atoms with Crippen LogP contribution in [-0.4, -0.2) is 26.1 Å². The lowest BCUT2D eigenvalue weighted by molar-refractivity contribution is -0.140. The number of pyridine rings is 1. The average Bonchev–Trinajstić information content (AvgIpc) is 3.45. The van der Waals surface area contributed by atoms with Crippen LogP contribution in [0.5, 0.6) is 17.5 Å². The largest absolute Gasteiger partial charge is 0.473 e. The Labute approximate surface area is 196 Å². The fourth-order valence-corrected chi connectivity index (χ4v) is 5.50. The van der Waals surface area contributed by atoms with Gasteiger partial charge in [-0.2, -0.15) is 18.2 Å². The Bertz CT molecular complexity index is 1350. The summed E-state index contributed by atoms with van der Waals surface area (Å²) < 4.78 is 65.0. The molecule has 0 unspecified atom stereocenters. The zero-order valence-corrected chi connectivity index (χ0v) is 18.4. The number of nitrogens with zero attached hydrogens (tertiary/aromatic N) is 4. The van der Waals surface area contributed by atoms with Crippen LogP contribution >= 0.6 is 0 Å². The van der Waals surface area contributed by atoms with E-state index in [9.17, 15) is 22.4 Å². The highest BCUT2D eigenvalue weighted by Gasteiger charge is 2.56. The first-order chi connectivity index (χ1) is 16.7. The summed E-state index contributed by atoms with van der Waals surface area (Å²) in [6.07, 6.45) is 1.07. The second-order valence-electron chi connectivity index (χ2n) is 9.18. The van der Waals surface area contributed by atoms with E-state index in [4.69, 9.17) is 9.47 Å². The maximum absolute atomic E-state index is 13.5. The Morgan fingerprint density at radius 2 is 1.89 bits per heavy atom. The van der Waals surface area contributed by atoms with E-state index in [1.54, 1.807) is 10.6 Å². The lowest BCUT2D eigenvalue weighted by Gasteiger charge is -2.27. The number of alkyl halides is 3. The molecule has 5 heterocycles. The molecule has 2 bridgehead atoms. The third-order valence-corrected chi connectivity index (χ3v) is 7.08. The monoisotopic (exact) mass is 488 g/mol. The molecule has 0 radical (unpaired) electrons. The molecule has 1 aromatic carbocycles. The molecule has 0 spiro atoms. The highest BCUT2D eigenvalue weighted by atomic mass is 19.4. The van der Waals surface area contributed by atoms with Crippen molar-refractivity contribution in [3.05, 3.63) is 70.0 Å². The van der Waals surface area contributed by atoms with Crippen molar-refractivity contribution in [1.29, 1.82) is 0 Å². The molecule has 182 valence electrons. The summed E-state index contributed by atoms with van der Waals surface area (Å²) >= 11 is 0. The number of benzene rings is 1. The number of anilines is 1. The number of hydrogen-bond donors (Lipinski definition) is 0. The van der Waals surface area contributed by atoms with Gasteiger partial charge in [-0.15, -0.1) is 0 Å². The van der Waals surface area contributed by atoms with Crippen LogP contribution in [0.25, 0.3) is 0 Å². The quantitative estimate of drug-likeness (QED) is 0.486. The van der Waals surface area contributed by atoms with Gasteiger partial charge in [0.25, 0.3) is 0 Å². The average molecular weight is 488 g/mol. The molecule has 0 saturated carbocycles. The van der Waals surface area contributed by atoms with E-state index < -0.39 is 17.6 Å². The van der Waals surface area contributed by atoms with Gasteiger partial charge in [-0.25, -0.2) is 14.2 Å². The molecule has 2 aromatic heterocycles. The van der Waals surface area contributed by atoms with Gasteiger partial charge in [0, 0.05) is 29.9 Å². The number of rotatable bonds is 5.